The van der Waals surface area contributed by atoms with Gasteiger partial charge in [-0.2, -0.15) is 0 Å². The molecule has 0 bridgehead atoms. The molecule has 1 rings (SSSR count). The number of amides is 1. The van der Waals surface area contributed by atoms with Crippen LogP contribution < -0.4 is 0 Å². The Morgan fingerprint density at radius 3 is 2.72 bits per heavy atom. The molecule has 2 N–H and O–H groups in total. The van der Waals surface area contributed by atoms with Gasteiger partial charge in [0, 0.05) is 6.54 Å². The number of phosphoric ester groups is 1. The van der Waals surface area contributed by atoms with Gasteiger partial charge < -0.3 is 19.4 Å². The number of likely N-dealkylation sites (tertiary alicyclic amines) is 1. The second kappa shape index (κ2) is 6.52. The SMILES string of the molecule is CC(C)COC(=O)N1CCCC1COP(=O)(O)O. The summed E-state index contributed by atoms with van der Waals surface area (Å²) in [6.07, 6.45) is 1.00. The highest BCUT2D eigenvalue weighted by molar-refractivity contribution is 7.46. The third-order valence-corrected chi connectivity index (χ3v) is 3.07. The minimum Gasteiger partial charge on any atom is -0.449 e. The molecule has 0 aliphatic carbocycles. The molecule has 1 amide bonds. The van der Waals surface area contributed by atoms with Crippen molar-refractivity contribution in [3.8, 4) is 0 Å². The van der Waals surface area contributed by atoms with E-state index in [9.17, 15) is 9.36 Å². The molecular formula is C10H20NO6P. The van der Waals surface area contributed by atoms with Gasteiger partial charge in [0.1, 0.15) is 0 Å². The van der Waals surface area contributed by atoms with Crippen LogP contribution in [0.5, 0.6) is 0 Å². The Kier molecular flexibility index (Phi) is 5.59. The van der Waals surface area contributed by atoms with Crippen LogP contribution in [-0.4, -0.2) is 46.6 Å². The first-order valence-corrected chi connectivity index (χ1v) is 7.46. The maximum Gasteiger partial charge on any atom is 0.469 e. The second-order valence-corrected chi connectivity index (χ2v) is 5.99. The lowest BCUT2D eigenvalue weighted by molar-refractivity contribution is 0.0742. The van der Waals surface area contributed by atoms with Crippen LogP contribution in [0.2, 0.25) is 0 Å². The van der Waals surface area contributed by atoms with E-state index in [1.165, 1.54) is 4.90 Å². The number of rotatable bonds is 5. The monoisotopic (exact) mass is 281 g/mol. The van der Waals surface area contributed by atoms with E-state index in [1.54, 1.807) is 0 Å². The Morgan fingerprint density at radius 1 is 1.50 bits per heavy atom. The predicted molar refractivity (Wildman–Crippen MR) is 63.9 cm³/mol. The molecule has 0 radical (unpaired) electrons. The summed E-state index contributed by atoms with van der Waals surface area (Å²) in [6, 6.07) is -0.322. The molecule has 1 saturated heterocycles. The van der Waals surface area contributed by atoms with E-state index in [2.05, 4.69) is 4.52 Å². The van der Waals surface area contributed by atoms with Gasteiger partial charge in [0.2, 0.25) is 0 Å². The Balaban J connectivity index is 2.43. The van der Waals surface area contributed by atoms with E-state index in [4.69, 9.17) is 14.5 Å². The normalized spacial score (nSPS) is 20.5. The Bertz CT molecular complexity index is 328. The van der Waals surface area contributed by atoms with E-state index >= 15 is 0 Å². The van der Waals surface area contributed by atoms with Crippen molar-refractivity contribution in [3.05, 3.63) is 0 Å². The van der Waals surface area contributed by atoms with Crippen molar-refractivity contribution >= 4 is 13.9 Å². The molecule has 0 saturated carbocycles. The Labute approximate surface area is 106 Å². The zero-order valence-electron chi connectivity index (χ0n) is 10.6. The molecular weight excluding hydrogens is 261 g/mol. The van der Waals surface area contributed by atoms with Crippen molar-refractivity contribution in [2.24, 2.45) is 5.92 Å². The molecule has 1 atom stereocenters. The lowest BCUT2D eigenvalue weighted by Gasteiger charge is -2.24. The van der Waals surface area contributed by atoms with Gasteiger partial charge in [-0.15, -0.1) is 0 Å². The topological polar surface area (TPSA) is 96.3 Å². The molecule has 106 valence electrons. The van der Waals surface area contributed by atoms with Crippen molar-refractivity contribution in [1.29, 1.82) is 0 Å². The quantitative estimate of drug-likeness (QED) is 0.738. The van der Waals surface area contributed by atoms with Crippen LogP contribution in [0.25, 0.3) is 0 Å². The minimum atomic E-state index is -4.48. The number of carbonyl (C=O) groups is 1. The molecule has 1 fully saturated rings. The number of nitrogens with zero attached hydrogens (tertiary/aromatic N) is 1. The third-order valence-electron chi connectivity index (χ3n) is 2.59. The molecule has 1 aliphatic rings. The third kappa shape index (κ3) is 5.35. The molecule has 7 nitrogen and oxygen atoms in total. The molecule has 1 heterocycles. The molecule has 8 heteroatoms. The van der Waals surface area contributed by atoms with E-state index in [0.717, 1.165) is 6.42 Å². The van der Waals surface area contributed by atoms with Crippen molar-refractivity contribution in [3.63, 3.8) is 0 Å². The van der Waals surface area contributed by atoms with Crippen LogP contribution >= 0.6 is 7.82 Å². The van der Waals surface area contributed by atoms with Crippen LogP contribution in [0, 0.1) is 5.92 Å². The lowest BCUT2D eigenvalue weighted by atomic mass is 10.2. The zero-order valence-corrected chi connectivity index (χ0v) is 11.5. The van der Waals surface area contributed by atoms with Crippen LogP contribution in [0.4, 0.5) is 4.79 Å². The summed E-state index contributed by atoms with van der Waals surface area (Å²) in [5.41, 5.74) is 0. The Hall–Kier alpha value is -0.620. The van der Waals surface area contributed by atoms with Crippen LogP contribution in [-0.2, 0) is 13.8 Å². The van der Waals surface area contributed by atoms with Gasteiger partial charge in [-0.1, -0.05) is 13.8 Å². The van der Waals surface area contributed by atoms with Crippen molar-refractivity contribution in [2.45, 2.75) is 32.7 Å². The van der Waals surface area contributed by atoms with Gasteiger partial charge in [0.05, 0.1) is 19.3 Å². The summed E-state index contributed by atoms with van der Waals surface area (Å²) >= 11 is 0. The lowest BCUT2D eigenvalue weighted by Crippen LogP contribution is -2.38. The molecule has 1 aliphatic heterocycles. The number of hydrogen-bond donors (Lipinski definition) is 2. The fourth-order valence-electron chi connectivity index (χ4n) is 1.75. The van der Waals surface area contributed by atoms with Gasteiger partial charge in [0.25, 0.3) is 0 Å². The minimum absolute atomic E-state index is 0.166. The van der Waals surface area contributed by atoms with E-state index < -0.39 is 13.9 Å². The predicted octanol–water partition coefficient (Wildman–Crippen LogP) is 1.35. The fraction of sp³-hybridized carbons (Fsp3) is 0.900. The first-order valence-electron chi connectivity index (χ1n) is 5.93. The number of carbonyl (C=O) groups excluding carboxylic acids is 1. The van der Waals surface area contributed by atoms with Gasteiger partial charge >= 0.3 is 13.9 Å². The second-order valence-electron chi connectivity index (χ2n) is 4.75. The van der Waals surface area contributed by atoms with Crippen LogP contribution in [0.15, 0.2) is 0 Å². The number of phosphoric acid groups is 1. The van der Waals surface area contributed by atoms with Crippen molar-refractivity contribution in [2.75, 3.05) is 19.8 Å². The van der Waals surface area contributed by atoms with E-state index in [-0.39, 0.29) is 18.6 Å². The standard InChI is InChI=1S/C10H20NO6P/c1-8(2)6-16-10(12)11-5-3-4-9(11)7-17-18(13,14)15/h8-9H,3-7H2,1-2H3,(H2,13,14,15). The summed E-state index contributed by atoms with van der Waals surface area (Å²) in [4.78, 5) is 30.5. The van der Waals surface area contributed by atoms with Crippen LogP contribution in [0.3, 0.4) is 0 Å². The zero-order chi connectivity index (χ0) is 13.8. The van der Waals surface area contributed by atoms with Gasteiger partial charge in [0.15, 0.2) is 0 Å². The summed E-state index contributed by atoms with van der Waals surface area (Å²) in [7, 11) is -4.48. The molecule has 0 aromatic carbocycles. The maximum atomic E-state index is 11.7. The summed E-state index contributed by atoms with van der Waals surface area (Å²) < 4.78 is 20.1. The number of ether oxygens (including phenoxy) is 1. The summed E-state index contributed by atoms with van der Waals surface area (Å²) in [5, 5.41) is 0. The fourth-order valence-corrected chi connectivity index (χ4v) is 2.12. The van der Waals surface area contributed by atoms with Crippen molar-refractivity contribution in [1.82, 2.24) is 4.90 Å². The smallest absolute Gasteiger partial charge is 0.449 e. The molecule has 18 heavy (non-hydrogen) atoms. The summed E-state index contributed by atoms with van der Waals surface area (Å²) in [5.74, 6) is 0.251. The number of hydrogen-bond acceptors (Lipinski definition) is 4. The largest absolute Gasteiger partial charge is 0.469 e. The maximum absolute atomic E-state index is 11.7. The summed E-state index contributed by atoms with van der Waals surface area (Å²) in [6.45, 7) is 4.58. The molecule has 0 spiro atoms. The first-order chi connectivity index (χ1) is 8.29. The molecule has 0 aromatic rings. The van der Waals surface area contributed by atoms with Crippen molar-refractivity contribution < 1.29 is 28.4 Å². The van der Waals surface area contributed by atoms with E-state index in [1.807, 2.05) is 13.8 Å². The highest BCUT2D eigenvalue weighted by atomic mass is 31.2. The highest BCUT2D eigenvalue weighted by Crippen LogP contribution is 2.37. The average molecular weight is 281 g/mol. The van der Waals surface area contributed by atoms with Crippen LogP contribution in [0.1, 0.15) is 26.7 Å². The average Bonchev–Trinajstić information content (AvgIpc) is 2.70. The molecule has 1 unspecified atom stereocenters. The van der Waals surface area contributed by atoms with Gasteiger partial charge in [-0.3, -0.25) is 4.52 Å². The first kappa shape index (κ1) is 15.4. The molecule has 0 aromatic heterocycles. The highest BCUT2D eigenvalue weighted by Gasteiger charge is 2.31. The van der Waals surface area contributed by atoms with Gasteiger partial charge in [-0.05, 0) is 18.8 Å². The Morgan fingerprint density at radius 2 is 2.17 bits per heavy atom. The van der Waals surface area contributed by atoms with Gasteiger partial charge in [-0.25, -0.2) is 9.36 Å². The van der Waals surface area contributed by atoms with E-state index in [0.29, 0.717) is 19.6 Å².